The van der Waals surface area contributed by atoms with E-state index in [1.165, 1.54) is 56.4 Å². The highest BCUT2D eigenvalue weighted by atomic mass is 19.2. The third-order valence-electron chi connectivity index (χ3n) is 23.4. The van der Waals surface area contributed by atoms with Crippen LogP contribution >= 0.6 is 0 Å². The number of imidazole rings is 4. The molecule has 0 bridgehead atoms. The second kappa shape index (κ2) is 36.8. The lowest BCUT2D eigenvalue weighted by Gasteiger charge is -2.24. The van der Waals surface area contributed by atoms with E-state index in [1.807, 2.05) is 213 Å². The highest BCUT2D eigenvalue weighted by Crippen LogP contribution is 2.42. The van der Waals surface area contributed by atoms with Crippen LogP contribution in [0.5, 0.6) is 0 Å². The zero-order valence-corrected chi connectivity index (χ0v) is 72.4. The molecule has 6 aromatic carbocycles. The molecule has 0 atom stereocenters. The van der Waals surface area contributed by atoms with Crippen molar-refractivity contribution in [3.63, 3.8) is 0 Å². The Morgan fingerprint density at radius 2 is 0.698 bits per heavy atom. The molecule has 2 aliphatic rings. The standard InChI is InChI=1S/C29H24F2N4O.C27H20F2N4O.C25H24N4O.C24H22N4O/c1-4-25-27-21(8-6-14-35(27)28(34-25)22-7-5-9-24(30)26(22)31)19-15-23(18(3)32-16-19)29(36)33-20-12-10-17(2)11-13-20;1-16-5-8-20(9-6-16)32-27(34)23-12-18(14-30-17(23)2)21-4-3-11-33-25(21)15-31-26(33)22-10-7-19(28)13-24(22)29;1-16-8-10-20(11-9-16)28-25(30)22-13-19(14-26-17(22)2)21-7-4-12-29-23(21)15-27-24(29)18-5-3-6-18;1-15-5-9-19(10-6-15)27-24(29)21-12-18(13-25-16(21)2)20-4-3-11-28-22(20)14-26-23(28)17-7-8-17/h5-16H,4H2,1-3H3,(H,33,36);3-15H,1-2H3,(H,32,34);4,7-15,18H,3,5-6H2,1-2H3,(H,28,30);3-6,9-14,17H,7-8H2,1-2H3,(H,27,29). The second-order valence-corrected chi connectivity index (χ2v) is 32.6. The van der Waals surface area contributed by atoms with Gasteiger partial charge in [0, 0.05) is 135 Å². The van der Waals surface area contributed by atoms with Gasteiger partial charge in [-0.3, -0.25) is 47.9 Å². The smallest absolute Gasteiger partial charge is 0.257 e. The van der Waals surface area contributed by atoms with Gasteiger partial charge in [0.05, 0.1) is 103 Å². The van der Waals surface area contributed by atoms with Gasteiger partial charge in [-0.15, -0.1) is 0 Å². The Kier molecular flexibility index (Phi) is 24.4. The number of aryl methyl sites for hydroxylation is 9. The highest BCUT2D eigenvalue weighted by molar-refractivity contribution is 6.09. The van der Waals surface area contributed by atoms with Gasteiger partial charge in [0.2, 0.25) is 0 Å². The Morgan fingerprint density at radius 1 is 0.341 bits per heavy atom. The Morgan fingerprint density at radius 3 is 1.08 bits per heavy atom. The Balaban J connectivity index is 0.000000121. The molecule has 4 N–H and O–H groups in total. The first-order valence-corrected chi connectivity index (χ1v) is 42.7. The lowest BCUT2D eigenvalue weighted by Crippen LogP contribution is -2.14. The Labute approximate surface area is 742 Å². The molecular formula is C105H90F4N16O4. The van der Waals surface area contributed by atoms with Gasteiger partial charge in [0.1, 0.15) is 34.9 Å². The minimum Gasteiger partial charge on any atom is -0.322 e. The summed E-state index contributed by atoms with van der Waals surface area (Å²) in [5, 5.41) is 11.8. The SMILES string of the molecule is CCc1nc(-c2cccc(F)c2F)n2cccc(-c3cnc(C)c(C(=O)Nc4ccc(C)cc4)c3)c12.Cc1ccc(NC(=O)c2cc(-c3cccn4c(-c5ccc(F)cc5F)ncc34)cnc2C)cc1.Cc1ccc(NC(=O)c2cc(-c3cccn4c(C5CC5)ncc34)cnc2C)cc1.Cc1ccc(NC(=O)c2cc(-c3cccn4c(C5CCC5)ncc34)cnc2C)cc1. The number of hydrogen-bond acceptors (Lipinski definition) is 12. The van der Waals surface area contributed by atoms with E-state index in [2.05, 4.69) is 89.5 Å². The fourth-order valence-electron chi connectivity index (χ4n) is 15.9. The summed E-state index contributed by atoms with van der Waals surface area (Å²) >= 11 is 0. The summed E-state index contributed by atoms with van der Waals surface area (Å²) in [4.78, 5) is 88.3. The maximum atomic E-state index is 14.7. The van der Waals surface area contributed by atoms with Crippen LogP contribution in [0, 0.1) is 78.7 Å². The number of nitrogens with zero attached hydrogens (tertiary/aromatic N) is 12. The average molecular weight is 1720 g/mol. The summed E-state index contributed by atoms with van der Waals surface area (Å²) in [6, 6.07) is 61.2. The van der Waals surface area contributed by atoms with Crippen molar-refractivity contribution in [3.05, 3.63) is 382 Å². The summed E-state index contributed by atoms with van der Waals surface area (Å²) in [7, 11) is 0. The first-order valence-electron chi connectivity index (χ1n) is 42.7. The molecule has 2 fully saturated rings. The molecule has 0 radical (unpaired) electrons. The van der Waals surface area contributed by atoms with Crippen molar-refractivity contribution in [2.45, 2.75) is 113 Å². The predicted molar refractivity (Wildman–Crippen MR) is 498 cm³/mol. The molecule has 2 saturated carbocycles. The summed E-state index contributed by atoms with van der Waals surface area (Å²) in [6.07, 6.45) is 26.9. The number of nitrogens with one attached hydrogen (secondary N) is 4. The maximum absolute atomic E-state index is 14.7. The van der Waals surface area contributed by atoms with Gasteiger partial charge >= 0.3 is 0 Å². The number of aromatic nitrogens is 12. The zero-order chi connectivity index (χ0) is 89.8. The van der Waals surface area contributed by atoms with Crippen LogP contribution in [0.15, 0.2) is 274 Å². The van der Waals surface area contributed by atoms with E-state index in [4.69, 9.17) is 4.98 Å². The summed E-state index contributed by atoms with van der Waals surface area (Å²) in [5.41, 5.74) is 23.6. The molecule has 642 valence electrons. The first-order chi connectivity index (χ1) is 62.5. The number of benzene rings is 6. The molecule has 18 aromatic rings. The number of pyridine rings is 8. The van der Waals surface area contributed by atoms with Gasteiger partial charge in [-0.25, -0.2) is 37.5 Å². The van der Waals surface area contributed by atoms with Crippen LogP contribution in [0.4, 0.5) is 40.3 Å². The molecule has 129 heavy (non-hydrogen) atoms. The van der Waals surface area contributed by atoms with Crippen molar-refractivity contribution < 1.29 is 36.7 Å². The molecule has 0 saturated heterocycles. The van der Waals surface area contributed by atoms with Crippen molar-refractivity contribution in [2.75, 3.05) is 21.3 Å². The summed E-state index contributed by atoms with van der Waals surface area (Å²) < 4.78 is 64.3. The largest absolute Gasteiger partial charge is 0.322 e. The number of anilines is 4. The molecule has 0 unspecified atom stereocenters. The average Bonchev–Trinajstić information content (AvgIpc) is 1.64. The molecule has 12 heterocycles. The van der Waals surface area contributed by atoms with Crippen LogP contribution in [0.3, 0.4) is 0 Å². The van der Waals surface area contributed by atoms with Crippen LogP contribution in [0.1, 0.15) is 155 Å². The van der Waals surface area contributed by atoms with Crippen LogP contribution in [-0.4, -0.2) is 81.1 Å². The molecule has 20 nitrogen and oxygen atoms in total. The molecule has 2 aliphatic carbocycles. The lowest BCUT2D eigenvalue weighted by atomic mass is 9.85. The minimum atomic E-state index is -0.940. The molecule has 4 amide bonds. The van der Waals surface area contributed by atoms with Gasteiger partial charge in [-0.05, 0) is 209 Å². The van der Waals surface area contributed by atoms with Gasteiger partial charge in [-0.2, -0.15) is 0 Å². The van der Waals surface area contributed by atoms with E-state index in [9.17, 15) is 36.7 Å². The zero-order valence-electron chi connectivity index (χ0n) is 72.4. The summed E-state index contributed by atoms with van der Waals surface area (Å²) in [5.74, 6) is 0.0229. The number of fused-ring (bicyclic) bond motifs is 4. The van der Waals surface area contributed by atoms with Crippen LogP contribution < -0.4 is 21.3 Å². The van der Waals surface area contributed by atoms with Crippen molar-refractivity contribution in [3.8, 4) is 67.3 Å². The quantitative estimate of drug-likeness (QED) is 0.0623. The van der Waals surface area contributed by atoms with Crippen LogP contribution in [0.25, 0.3) is 89.4 Å². The fraction of sp³-hybridized carbons (Fsp3) is 0.162. The monoisotopic (exact) mass is 1710 g/mol. The molecule has 20 rings (SSSR count). The molecule has 12 aromatic heterocycles. The van der Waals surface area contributed by atoms with E-state index in [0.717, 1.165) is 124 Å². The van der Waals surface area contributed by atoms with Gasteiger partial charge in [0.25, 0.3) is 23.6 Å². The third-order valence-corrected chi connectivity index (χ3v) is 23.4. The topological polar surface area (TPSA) is 237 Å². The Bertz CT molecular complexity index is 7340. The van der Waals surface area contributed by atoms with Crippen LogP contribution in [-0.2, 0) is 6.42 Å². The summed E-state index contributed by atoms with van der Waals surface area (Å²) in [6.45, 7) is 17.3. The van der Waals surface area contributed by atoms with Gasteiger partial charge in [-0.1, -0.05) is 114 Å². The lowest BCUT2D eigenvalue weighted by molar-refractivity contribution is 0.101. The number of carbonyl (C=O) groups is 4. The second-order valence-electron chi connectivity index (χ2n) is 32.6. The number of hydrogen-bond donors (Lipinski definition) is 4. The van der Waals surface area contributed by atoms with E-state index in [0.29, 0.717) is 91.8 Å². The van der Waals surface area contributed by atoms with Crippen molar-refractivity contribution in [1.29, 1.82) is 0 Å². The van der Waals surface area contributed by atoms with Gasteiger partial charge in [0.15, 0.2) is 11.6 Å². The van der Waals surface area contributed by atoms with Crippen molar-refractivity contribution >= 4 is 68.4 Å². The van der Waals surface area contributed by atoms with E-state index in [1.54, 1.807) is 71.8 Å². The van der Waals surface area contributed by atoms with Gasteiger partial charge < -0.3 is 30.1 Å². The maximum Gasteiger partial charge on any atom is 0.257 e. The molecule has 0 aliphatic heterocycles. The van der Waals surface area contributed by atoms with E-state index in [-0.39, 0.29) is 34.8 Å². The third kappa shape index (κ3) is 18.3. The predicted octanol–water partition coefficient (Wildman–Crippen LogP) is 23.7. The van der Waals surface area contributed by atoms with E-state index >= 15 is 0 Å². The first kappa shape index (κ1) is 85.4. The number of rotatable bonds is 17. The normalized spacial score (nSPS) is 12.3. The number of halogens is 4. The number of amides is 4. The highest BCUT2D eigenvalue weighted by Gasteiger charge is 2.30. The molecular weight excluding hydrogens is 1630 g/mol. The molecule has 0 spiro atoms. The number of carbonyl (C=O) groups excluding carboxylic acids is 4. The van der Waals surface area contributed by atoms with Crippen molar-refractivity contribution in [1.82, 2.24) is 57.5 Å². The Hall–Kier alpha value is -15.7. The van der Waals surface area contributed by atoms with E-state index < -0.39 is 23.3 Å². The van der Waals surface area contributed by atoms with Crippen molar-refractivity contribution in [2.24, 2.45) is 0 Å². The van der Waals surface area contributed by atoms with Crippen LogP contribution in [0.2, 0.25) is 0 Å². The minimum absolute atomic E-state index is 0.0852. The molecule has 24 heteroatoms. The fourth-order valence-corrected chi connectivity index (χ4v) is 15.9.